The molecule has 2 rings (SSSR count). The average molecular weight is 270 g/mol. The second kappa shape index (κ2) is 3.78. The number of aromatic nitrogens is 1. The summed E-state index contributed by atoms with van der Waals surface area (Å²) in [7, 11) is 0. The van der Waals surface area contributed by atoms with Gasteiger partial charge in [0.05, 0.1) is 16.8 Å². The van der Waals surface area contributed by atoms with Gasteiger partial charge < -0.3 is 4.74 Å². The number of hydrogen-bond donors (Lipinski definition) is 0. The minimum atomic E-state index is 0.0840. The van der Waals surface area contributed by atoms with Gasteiger partial charge >= 0.3 is 0 Å². The number of halogens is 1. The van der Waals surface area contributed by atoms with Gasteiger partial charge in [-0.2, -0.15) is 0 Å². The Morgan fingerprint density at radius 1 is 1.40 bits per heavy atom. The maximum Gasteiger partial charge on any atom is 0.152 e. The van der Waals surface area contributed by atoms with E-state index in [2.05, 4.69) is 47.8 Å². The second-order valence-corrected chi connectivity index (χ2v) is 5.92. The predicted octanol–water partition coefficient (Wildman–Crippen LogP) is 3.68. The number of nitrogens with zero attached hydrogens (tertiary/aromatic N) is 1. The lowest BCUT2D eigenvalue weighted by molar-refractivity contribution is 0.299. The zero-order chi connectivity index (χ0) is 11.1. The molecule has 0 N–H and O–H groups in total. The first-order chi connectivity index (χ1) is 6.97. The highest BCUT2D eigenvalue weighted by Crippen LogP contribution is 2.33. The molecule has 1 heterocycles. The van der Waals surface area contributed by atoms with E-state index in [0.29, 0.717) is 6.10 Å². The van der Waals surface area contributed by atoms with Crippen LogP contribution in [0, 0.1) is 0 Å². The molecule has 0 aliphatic heterocycles. The summed E-state index contributed by atoms with van der Waals surface area (Å²) in [6.07, 6.45) is 4.59. The summed E-state index contributed by atoms with van der Waals surface area (Å²) in [6, 6.07) is 2.05. The molecule has 0 saturated heterocycles. The molecule has 1 fully saturated rings. The largest absolute Gasteiger partial charge is 0.488 e. The fourth-order valence-corrected chi connectivity index (χ4v) is 1.69. The Hall–Kier alpha value is -0.570. The van der Waals surface area contributed by atoms with Crippen LogP contribution in [-0.4, -0.2) is 11.1 Å². The Kier molecular flexibility index (Phi) is 2.75. The summed E-state index contributed by atoms with van der Waals surface area (Å²) >= 11 is 3.53. The van der Waals surface area contributed by atoms with Crippen molar-refractivity contribution in [3.8, 4) is 5.75 Å². The van der Waals surface area contributed by atoms with Crippen LogP contribution in [0.1, 0.15) is 39.3 Å². The van der Waals surface area contributed by atoms with Gasteiger partial charge in [-0.3, -0.25) is 4.98 Å². The summed E-state index contributed by atoms with van der Waals surface area (Å²) in [5.41, 5.74) is 1.16. The van der Waals surface area contributed by atoms with Crippen molar-refractivity contribution in [3.63, 3.8) is 0 Å². The van der Waals surface area contributed by atoms with Gasteiger partial charge in [-0.05, 0) is 34.8 Å². The zero-order valence-corrected chi connectivity index (χ0v) is 11.0. The topological polar surface area (TPSA) is 22.1 Å². The first-order valence-electron chi connectivity index (χ1n) is 5.29. The SMILES string of the molecule is CC(C)(C)c1cc(Br)c(OC2CC2)cn1. The maximum atomic E-state index is 5.71. The van der Waals surface area contributed by atoms with Crippen molar-refractivity contribution in [2.45, 2.75) is 45.1 Å². The second-order valence-electron chi connectivity index (χ2n) is 5.07. The minimum Gasteiger partial charge on any atom is -0.488 e. The first kappa shape index (κ1) is 10.9. The molecule has 15 heavy (non-hydrogen) atoms. The lowest BCUT2D eigenvalue weighted by Gasteiger charge is -2.18. The summed E-state index contributed by atoms with van der Waals surface area (Å²) in [5.74, 6) is 0.866. The lowest BCUT2D eigenvalue weighted by Crippen LogP contribution is -2.13. The Morgan fingerprint density at radius 2 is 2.07 bits per heavy atom. The van der Waals surface area contributed by atoms with Crippen LogP contribution in [0.2, 0.25) is 0 Å². The van der Waals surface area contributed by atoms with Crippen molar-refractivity contribution in [2.75, 3.05) is 0 Å². The zero-order valence-electron chi connectivity index (χ0n) is 9.38. The van der Waals surface area contributed by atoms with Crippen molar-refractivity contribution < 1.29 is 4.74 Å². The molecule has 0 aromatic carbocycles. The van der Waals surface area contributed by atoms with Crippen LogP contribution in [-0.2, 0) is 5.41 Å². The van der Waals surface area contributed by atoms with Crippen molar-refractivity contribution in [3.05, 3.63) is 22.4 Å². The van der Waals surface area contributed by atoms with E-state index in [0.717, 1.165) is 15.9 Å². The van der Waals surface area contributed by atoms with E-state index in [1.807, 2.05) is 6.20 Å². The molecule has 0 amide bonds. The van der Waals surface area contributed by atoms with Crippen LogP contribution >= 0.6 is 15.9 Å². The van der Waals surface area contributed by atoms with Gasteiger partial charge in [0, 0.05) is 11.1 Å². The van der Waals surface area contributed by atoms with E-state index in [1.165, 1.54) is 12.8 Å². The highest BCUT2D eigenvalue weighted by Gasteiger charge is 2.25. The van der Waals surface area contributed by atoms with Crippen molar-refractivity contribution in [2.24, 2.45) is 0 Å². The van der Waals surface area contributed by atoms with Crippen LogP contribution < -0.4 is 4.74 Å². The van der Waals surface area contributed by atoms with E-state index in [4.69, 9.17) is 4.74 Å². The Morgan fingerprint density at radius 3 is 2.53 bits per heavy atom. The molecule has 0 bridgehead atoms. The molecule has 1 saturated carbocycles. The van der Waals surface area contributed by atoms with Crippen LogP contribution in [0.25, 0.3) is 0 Å². The molecule has 1 aromatic rings. The van der Waals surface area contributed by atoms with Gasteiger partial charge in [-0.25, -0.2) is 0 Å². The van der Waals surface area contributed by atoms with Crippen LogP contribution in [0.15, 0.2) is 16.7 Å². The van der Waals surface area contributed by atoms with Gasteiger partial charge in [0.15, 0.2) is 5.75 Å². The molecule has 1 aliphatic carbocycles. The lowest BCUT2D eigenvalue weighted by atomic mass is 9.92. The Labute approximate surface area is 99.2 Å². The monoisotopic (exact) mass is 269 g/mol. The quantitative estimate of drug-likeness (QED) is 0.817. The molecule has 3 heteroatoms. The smallest absolute Gasteiger partial charge is 0.152 e. The van der Waals surface area contributed by atoms with Gasteiger partial charge in [-0.15, -0.1) is 0 Å². The molecule has 82 valence electrons. The highest BCUT2D eigenvalue weighted by atomic mass is 79.9. The molecule has 0 unspecified atom stereocenters. The number of hydrogen-bond acceptors (Lipinski definition) is 2. The maximum absolute atomic E-state index is 5.71. The van der Waals surface area contributed by atoms with Crippen molar-refractivity contribution in [1.82, 2.24) is 4.98 Å². The normalized spacial score (nSPS) is 16.5. The fourth-order valence-electron chi connectivity index (χ4n) is 1.28. The van der Waals surface area contributed by atoms with Crippen molar-refractivity contribution in [1.29, 1.82) is 0 Å². The number of pyridine rings is 1. The highest BCUT2D eigenvalue weighted by molar-refractivity contribution is 9.10. The standard InChI is InChI=1S/C12H16BrNO/c1-12(2,3)11-6-9(13)10(7-14-11)15-8-4-5-8/h6-8H,4-5H2,1-3H3. The van der Waals surface area contributed by atoms with Gasteiger partial charge in [-0.1, -0.05) is 20.8 Å². The van der Waals surface area contributed by atoms with Crippen LogP contribution in [0.4, 0.5) is 0 Å². The molecule has 0 radical (unpaired) electrons. The van der Waals surface area contributed by atoms with E-state index >= 15 is 0 Å². The Balaban J connectivity index is 2.21. The predicted molar refractivity (Wildman–Crippen MR) is 64.3 cm³/mol. The first-order valence-corrected chi connectivity index (χ1v) is 6.09. The molecular weight excluding hydrogens is 254 g/mol. The van der Waals surface area contributed by atoms with Gasteiger partial charge in [0.1, 0.15) is 0 Å². The molecule has 2 nitrogen and oxygen atoms in total. The van der Waals surface area contributed by atoms with Crippen LogP contribution in [0.3, 0.4) is 0 Å². The molecule has 1 aliphatic rings. The summed E-state index contributed by atoms with van der Waals surface area (Å²) in [5, 5.41) is 0. The molecule has 0 spiro atoms. The third kappa shape index (κ3) is 2.71. The minimum absolute atomic E-state index is 0.0840. The Bertz CT molecular complexity index is 366. The molecular formula is C12H16BrNO. The number of ether oxygens (including phenoxy) is 1. The van der Waals surface area contributed by atoms with Gasteiger partial charge in [0.25, 0.3) is 0 Å². The van der Waals surface area contributed by atoms with Gasteiger partial charge in [0.2, 0.25) is 0 Å². The van der Waals surface area contributed by atoms with E-state index in [9.17, 15) is 0 Å². The third-order valence-electron chi connectivity index (χ3n) is 2.41. The molecule has 0 atom stereocenters. The van der Waals surface area contributed by atoms with E-state index in [-0.39, 0.29) is 5.41 Å². The van der Waals surface area contributed by atoms with Crippen LogP contribution in [0.5, 0.6) is 5.75 Å². The number of rotatable bonds is 2. The van der Waals surface area contributed by atoms with Crippen molar-refractivity contribution >= 4 is 15.9 Å². The summed E-state index contributed by atoms with van der Waals surface area (Å²) in [6.45, 7) is 6.47. The summed E-state index contributed by atoms with van der Waals surface area (Å²) in [4.78, 5) is 4.44. The molecule has 1 aromatic heterocycles. The van der Waals surface area contributed by atoms with E-state index in [1.54, 1.807) is 0 Å². The fraction of sp³-hybridized carbons (Fsp3) is 0.583. The summed E-state index contributed by atoms with van der Waals surface area (Å²) < 4.78 is 6.72. The average Bonchev–Trinajstić information content (AvgIpc) is 2.90. The third-order valence-corrected chi connectivity index (χ3v) is 3.03. The van der Waals surface area contributed by atoms with E-state index < -0.39 is 0 Å².